The van der Waals surface area contributed by atoms with Crippen LogP contribution in [0.15, 0.2) is 48.9 Å². The van der Waals surface area contributed by atoms with Crippen molar-refractivity contribution in [3.8, 4) is 11.4 Å². The van der Waals surface area contributed by atoms with Crippen LogP contribution in [0.1, 0.15) is 21.9 Å². The lowest BCUT2D eigenvalue weighted by molar-refractivity contribution is -0.274. The molecule has 140 valence electrons. The number of carboxylic acids is 1. The molecule has 1 N–H and O–H groups in total. The fourth-order valence-corrected chi connectivity index (χ4v) is 2.29. The molecule has 7 nitrogen and oxygen atoms in total. The zero-order valence-electron chi connectivity index (χ0n) is 13.7. The third-order valence-electron chi connectivity index (χ3n) is 3.56. The molecule has 0 aliphatic carbocycles. The van der Waals surface area contributed by atoms with Crippen molar-refractivity contribution in [1.29, 1.82) is 0 Å². The fraction of sp³-hybridized carbons (Fsp3) is 0.176. The van der Waals surface area contributed by atoms with Crippen LogP contribution in [0.4, 0.5) is 13.2 Å². The van der Waals surface area contributed by atoms with Gasteiger partial charge in [0.15, 0.2) is 5.82 Å². The molecular formula is C17H13F3N4O3. The minimum Gasteiger partial charge on any atom is -0.477 e. The normalized spacial score (nSPS) is 11.4. The number of halogens is 3. The molecule has 2 aromatic heterocycles. The molecule has 0 aliphatic rings. The number of aromatic nitrogens is 4. The van der Waals surface area contributed by atoms with Crippen LogP contribution in [0.2, 0.25) is 0 Å². The zero-order chi connectivity index (χ0) is 19.4. The first kappa shape index (κ1) is 18.4. The molecule has 0 unspecified atom stereocenters. The lowest BCUT2D eigenvalue weighted by Crippen LogP contribution is -2.17. The largest absolute Gasteiger partial charge is 0.573 e. The van der Waals surface area contributed by atoms with Gasteiger partial charge in [0.1, 0.15) is 17.8 Å². The highest BCUT2D eigenvalue weighted by molar-refractivity contribution is 5.85. The lowest BCUT2D eigenvalue weighted by Gasteiger charge is -2.09. The number of nitrogens with zero attached hydrogens (tertiary/aromatic N) is 4. The van der Waals surface area contributed by atoms with Crippen molar-refractivity contribution in [2.75, 3.05) is 0 Å². The number of carboxylic acid groups (broad SMARTS) is 1. The molecule has 3 aromatic rings. The number of carbonyl (C=O) groups is 1. The predicted octanol–water partition coefficient (Wildman–Crippen LogP) is 3.04. The molecule has 0 amide bonds. The van der Waals surface area contributed by atoms with E-state index in [9.17, 15) is 18.0 Å². The van der Waals surface area contributed by atoms with Crippen molar-refractivity contribution in [2.24, 2.45) is 0 Å². The molecule has 0 bridgehead atoms. The van der Waals surface area contributed by atoms with Crippen LogP contribution in [0, 0.1) is 0 Å². The van der Waals surface area contributed by atoms with Gasteiger partial charge in [0.2, 0.25) is 0 Å². The summed E-state index contributed by atoms with van der Waals surface area (Å²) in [6.07, 6.45) is -0.730. The van der Waals surface area contributed by atoms with E-state index in [1.54, 1.807) is 6.07 Å². The second kappa shape index (κ2) is 7.44. The first-order chi connectivity index (χ1) is 12.8. The fourth-order valence-electron chi connectivity index (χ4n) is 2.29. The van der Waals surface area contributed by atoms with E-state index in [1.165, 1.54) is 47.5 Å². The van der Waals surface area contributed by atoms with E-state index in [1.807, 2.05) is 0 Å². The van der Waals surface area contributed by atoms with Gasteiger partial charge in [-0.1, -0.05) is 6.07 Å². The Labute approximate surface area is 151 Å². The topological polar surface area (TPSA) is 90.1 Å². The second-order valence-electron chi connectivity index (χ2n) is 5.50. The zero-order valence-corrected chi connectivity index (χ0v) is 13.7. The van der Waals surface area contributed by atoms with Crippen LogP contribution in [0.3, 0.4) is 0 Å². The molecule has 27 heavy (non-hydrogen) atoms. The Kier molecular flexibility index (Phi) is 5.06. The average molecular weight is 378 g/mol. The molecule has 0 radical (unpaired) electrons. The van der Waals surface area contributed by atoms with Crippen molar-refractivity contribution < 1.29 is 27.8 Å². The van der Waals surface area contributed by atoms with Gasteiger partial charge in [0.25, 0.3) is 0 Å². The maximum atomic E-state index is 12.2. The Morgan fingerprint density at radius 1 is 1.07 bits per heavy atom. The number of rotatable bonds is 6. The van der Waals surface area contributed by atoms with Gasteiger partial charge in [-0.2, -0.15) is 5.10 Å². The average Bonchev–Trinajstić information content (AvgIpc) is 3.08. The van der Waals surface area contributed by atoms with E-state index in [0.717, 1.165) is 5.56 Å². The minimum atomic E-state index is -4.74. The molecular weight excluding hydrogens is 365 g/mol. The van der Waals surface area contributed by atoms with Gasteiger partial charge in [0, 0.05) is 12.6 Å². The van der Waals surface area contributed by atoms with Gasteiger partial charge < -0.3 is 9.84 Å². The van der Waals surface area contributed by atoms with Crippen LogP contribution in [0.5, 0.6) is 5.75 Å². The first-order valence-corrected chi connectivity index (χ1v) is 7.75. The van der Waals surface area contributed by atoms with Gasteiger partial charge in [-0.05, 0) is 42.3 Å². The lowest BCUT2D eigenvalue weighted by atomic mass is 10.1. The van der Waals surface area contributed by atoms with Crippen LogP contribution < -0.4 is 4.74 Å². The van der Waals surface area contributed by atoms with E-state index < -0.39 is 12.3 Å². The summed E-state index contributed by atoms with van der Waals surface area (Å²) in [5, 5.41) is 13.1. The van der Waals surface area contributed by atoms with E-state index in [2.05, 4.69) is 19.8 Å². The molecule has 1 aromatic carbocycles. The molecule has 0 saturated carbocycles. The number of ether oxygens (including phenoxy) is 1. The second-order valence-corrected chi connectivity index (χ2v) is 5.50. The summed E-state index contributed by atoms with van der Waals surface area (Å²) in [5.41, 5.74) is 1.35. The number of pyridine rings is 1. The van der Waals surface area contributed by atoms with Gasteiger partial charge in [-0.15, -0.1) is 13.2 Å². The molecule has 0 aliphatic heterocycles. The van der Waals surface area contributed by atoms with Gasteiger partial charge in [-0.25, -0.2) is 19.4 Å². The Balaban J connectivity index is 1.62. The quantitative estimate of drug-likeness (QED) is 0.709. The molecule has 0 atom stereocenters. The molecule has 0 spiro atoms. The SMILES string of the molecule is O=C(O)c1ccc(CCc2ncn(-c3ccc(OC(F)(F)F)cc3)n2)cn1. The standard InChI is InChI=1S/C17H13F3N4O3/c18-17(19,20)27-13-5-3-12(4-6-13)24-10-22-15(23-24)8-2-11-1-7-14(16(25)26)21-9-11/h1,3-7,9-10H,2,8H2,(H,25,26). The van der Waals surface area contributed by atoms with Crippen molar-refractivity contribution in [3.63, 3.8) is 0 Å². The van der Waals surface area contributed by atoms with Crippen molar-refractivity contribution in [2.45, 2.75) is 19.2 Å². The Morgan fingerprint density at radius 2 is 1.81 bits per heavy atom. The van der Waals surface area contributed by atoms with Gasteiger partial charge in [-0.3, -0.25) is 0 Å². The summed E-state index contributed by atoms with van der Waals surface area (Å²) in [7, 11) is 0. The van der Waals surface area contributed by atoms with Crippen molar-refractivity contribution in [1.82, 2.24) is 19.7 Å². The smallest absolute Gasteiger partial charge is 0.477 e. The molecule has 3 rings (SSSR count). The maximum Gasteiger partial charge on any atom is 0.573 e. The van der Waals surface area contributed by atoms with Crippen LogP contribution >= 0.6 is 0 Å². The predicted molar refractivity (Wildman–Crippen MR) is 86.6 cm³/mol. The molecule has 2 heterocycles. The number of hydrogen-bond acceptors (Lipinski definition) is 5. The first-order valence-electron chi connectivity index (χ1n) is 7.75. The number of aromatic carboxylic acids is 1. The maximum absolute atomic E-state index is 12.2. The summed E-state index contributed by atoms with van der Waals surface area (Å²) >= 11 is 0. The Bertz CT molecular complexity index is 922. The highest BCUT2D eigenvalue weighted by Gasteiger charge is 2.30. The van der Waals surface area contributed by atoms with Crippen LogP contribution in [0.25, 0.3) is 5.69 Å². The highest BCUT2D eigenvalue weighted by Crippen LogP contribution is 2.23. The molecule has 0 fully saturated rings. The molecule has 10 heteroatoms. The summed E-state index contributed by atoms with van der Waals surface area (Å²) in [6, 6.07) is 8.36. The van der Waals surface area contributed by atoms with Crippen molar-refractivity contribution >= 4 is 5.97 Å². The van der Waals surface area contributed by atoms with Crippen LogP contribution in [-0.4, -0.2) is 37.2 Å². The van der Waals surface area contributed by atoms with E-state index >= 15 is 0 Å². The summed E-state index contributed by atoms with van der Waals surface area (Å²) in [4.78, 5) is 18.8. The minimum absolute atomic E-state index is 0.0286. The van der Waals surface area contributed by atoms with Gasteiger partial charge in [0.05, 0.1) is 5.69 Å². The Hall–Kier alpha value is -3.43. The monoisotopic (exact) mass is 378 g/mol. The van der Waals surface area contributed by atoms with Gasteiger partial charge >= 0.3 is 12.3 Å². The van der Waals surface area contributed by atoms with E-state index in [0.29, 0.717) is 24.4 Å². The van der Waals surface area contributed by atoms with E-state index in [-0.39, 0.29) is 11.4 Å². The molecule has 0 saturated heterocycles. The number of aryl methyl sites for hydroxylation is 2. The number of hydrogen-bond donors (Lipinski definition) is 1. The third kappa shape index (κ3) is 5.03. The van der Waals surface area contributed by atoms with Crippen molar-refractivity contribution in [3.05, 3.63) is 66.0 Å². The van der Waals surface area contributed by atoms with Crippen LogP contribution in [-0.2, 0) is 12.8 Å². The summed E-state index contributed by atoms with van der Waals surface area (Å²) in [6.45, 7) is 0. The summed E-state index contributed by atoms with van der Waals surface area (Å²) in [5.74, 6) is -0.870. The number of alkyl halides is 3. The highest BCUT2D eigenvalue weighted by atomic mass is 19.4. The third-order valence-corrected chi connectivity index (χ3v) is 3.56. The summed E-state index contributed by atoms with van der Waals surface area (Å²) < 4.78 is 41.8. The number of benzene rings is 1. The Morgan fingerprint density at radius 3 is 2.41 bits per heavy atom. The van der Waals surface area contributed by atoms with E-state index in [4.69, 9.17) is 5.11 Å².